The summed E-state index contributed by atoms with van der Waals surface area (Å²) in [5, 5.41) is 19.2. The van der Waals surface area contributed by atoms with Crippen molar-refractivity contribution in [1.82, 2.24) is 4.90 Å². The normalized spacial score (nSPS) is 29.0. The van der Waals surface area contributed by atoms with Crippen LogP contribution in [0.2, 0.25) is 5.02 Å². The lowest BCUT2D eigenvalue weighted by atomic mass is 9.97. The number of rotatable bonds is 4. The Morgan fingerprint density at radius 1 is 1.05 bits per heavy atom. The number of carboxylic acids is 2. The van der Waals surface area contributed by atoms with Crippen LogP contribution in [0.4, 0.5) is 0 Å². The van der Waals surface area contributed by atoms with Crippen LogP contribution in [-0.2, 0) is 20.8 Å². The van der Waals surface area contributed by atoms with Crippen molar-refractivity contribution in [2.75, 3.05) is 13.1 Å². The molecular weight excluding hydrogens is 310 g/mol. The van der Waals surface area contributed by atoms with Crippen LogP contribution in [-0.4, -0.2) is 46.0 Å². The van der Waals surface area contributed by atoms with E-state index in [2.05, 4.69) is 0 Å². The number of piperidine rings is 1. The Bertz CT molecular complexity index is 645. The van der Waals surface area contributed by atoms with Gasteiger partial charge in [-0.3, -0.25) is 14.4 Å². The van der Waals surface area contributed by atoms with Gasteiger partial charge in [-0.1, -0.05) is 23.7 Å². The molecule has 1 amide bonds. The number of hydrogen-bond donors (Lipinski definition) is 2. The average molecular weight is 324 g/mol. The molecule has 3 rings (SSSR count). The highest BCUT2D eigenvalue weighted by molar-refractivity contribution is 6.30. The molecule has 0 bridgehead atoms. The Balaban J connectivity index is 1.75. The molecule has 0 radical (unpaired) electrons. The topological polar surface area (TPSA) is 94.9 Å². The van der Waals surface area contributed by atoms with Crippen LogP contribution in [0.1, 0.15) is 12.0 Å². The Kier molecular flexibility index (Phi) is 3.18. The molecule has 116 valence electrons. The zero-order chi connectivity index (χ0) is 16.1. The monoisotopic (exact) mass is 323 g/mol. The number of aliphatic carboxylic acids is 2. The van der Waals surface area contributed by atoms with E-state index in [1.807, 2.05) is 0 Å². The van der Waals surface area contributed by atoms with E-state index in [9.17, 15) is 24.6 Å². The number of amides is 1. The van der Waals surface area contributed by atoms with E-state index in [1.165, 1.54) is 4.90 Å². The van der Waals surface area contributed by atoms with E-state index in [4.69, 9.17) is 11.6 Å². The number of carbonyl (C=O) groups is 3. The Labute approximate surface area is 131 Å². The van der Waals surface area contributed by atoms with Gasteiger partial charge in [-0.15, -0.1) is 0 Å². The van der Waals surface area contributed by atoms with Gasteiger partial charge in [-0.05, 0) is 24.1 Å². The molecule has 1 saturated carbocycles. The van der Waals surface area contributed by atoms with E-state index in [0.29, 0.717) is 5.02 Å². The summed E-state index contributed by atoms with van der Waals surface area (Å²) in [5.41, 5.74) is -1.90. The number of likely N-dealkylation sites (tertiary alicyclic amines) is 1. The van der Waals surface area contributed by atoms with Crippen molar-refractivity contribution in [2.45, 2.75) is 12.8 Å². The molecule has 1 aliphatic heterocycles. The molecule has 7 heteroatoms. The number of benzene rings is 1. The molecule has 1 heterocycles. The summed E-state index contributed by atoms with van der Waals surface area (Å²) < 4.78 is 0. The van der Waals surface area contributed by atoms with Crippen LogP contribution in [0.5, 0.6) is 0 Å². The van der Waals surface area contributed by atoms with Crippen LogP contribution in [0.15, 0.2) is 24.3 Å². The molecule has 0 spiro atoms. The summed E-state index contributed by atoms with van der Waals surface area (Å²) in [4.78, 5) is 36.5. The van der Waals surface area contributed by atoms with Crippen molar-refractivity contribution in [2.24, 2.45) is 10.8 Å². The van der Waals surface area contributed by atoms with E-state index >= 15 is 0 Å². The smallest absolute Gasteiger partial charge is 0.312 e. The predicted molar refractivity (Wildman–Crippen MR) is 76.5 cm³/mol. The number of fused-ring (bicyclic) bond motifs is 1. The molecule has 1 saturated heterocycles. The summed E-state index contributed by atoms with van der Waals surface area (Å²) in [6.07, 6.45) is 0.192. The second kappa shape index (κ2) is 4.71. The maximum Gasteiger partial charge on any atom is 0.312 e. The van der Waals surface area contributed by atoms with Crippen LogP contribution >= 0.6 is 11.6 Å². The molecule has 2 aliphatic rings. The Hall–Kier alpha value is -2.08. The summed E-state index contributed by atoms with van der Waals surface area (Å²) in [6, 6.07) is 6.78. The van der Waals surface area contributed by atoms with Gasteiger partial charge in [0, 0.05) is 18.1 Å². The van der Waals surface area contributed by atoms with Crippen molar-refractivity contribution >= 4 is 29.4 Å². The van der Waals surface area contributed by atoms with Gasteiger partial charge in [0.25, 0.3) is 0 Å². The van der Waals surface area contributed by atoms with Crippen molar-refractivity contribution in [3.63, 3.8) is 0 Å². The van der Waals surface area contributed by atoms with Crippen LogP contribution in [0.25, 0.3) is 0 Å². The molecule has 0 aromatic heterocycles. The molecular formula is C15H14ClNO5. The van der Waals surface area contributed by atoms with Gasteiger partial charge < -0.3 is 15.1 Å². The summed E-state index contributed by atoms with van der Waals surface area (Å²) in [5.74, 6) is -2.55. The number of carboxylic acid groups (broad SMARTS) is 2. The zero-order valence-corrected chi connectivity index (χ0v) is 12.3. The third-order valence-electron chi connectivity index (χ3n) is 4.76. The molecule has 6 nitrogen and oxygen atoms in total. The average Bonchev–Trinajstić information content (AvgIpc) is 3.00. The summed E-state index contributed by atoms with van der Waals surface area (Å²) in [7, 11) is 0. The predicted octanol–water partition coefficient (Wildman–Crippen LogP) is 1.27. The van der Waals surface area contributed by atoms with Crippen LogP contribution in [0.3, 0.4) is 0 Å². The van der Waals surface area contributed by atoms with Crippen molar-refractivity contribution in [3.05, 3.63) is 34.9 Å². The molecule has 1 aliphatic carbocycles. The van der Waals surface area contributed by atoms with Gasteiger partial charge in [-0.25, -0.2) is 0 Å². The summed E-state index contributed by atoms with van der Waals surface area (Å²) >= 11 is 5.78. The largest absolute Gasteiger partial charge is 0.481 e. The second-order valence-corrected chi connectivity index (χ2v) is 6.44. The lowest BCUT2D eigenvalue weighted by Gasteiger charge is -2.20. The molecule has 2 fully saturated rings. The fourth-order valence-corrected chi connectivity index (χ4v) is 3.48. The molecule has 1 aromatic carbocycles. The lowest BCUT2D eigenvalue weighted by molar-refractivity contribution is -0.151. The number of carbonyl (C=O) groups excluding carboxylic acids is 1. The van der Waals surface area contributed by atoms with E-state index in [0.717, 1.165) is 5.56 Å². The number of hydrogen-bond acceptors (Lipinski definition) is 3. The standard InChI is InChI=1S/C15H14ClNO5/c16-10-3-1-9(2-4-10)5-11(18)17-7-14(12(19)20)6-15(14,8-17)13(21)22/h1-4H,5-8H2,(H,19,20)(H,21,22)/t14-,15+. The number of halogens is 1. The third kappa shape index (κ3) is 1.98. The van der Waals surface area contributed by atoms with Crippen LogP contribution in [0, 0.1) is 10.8 Å². The van der Waals surface area contributed by atoms with E-state index in [-0.39, 0.29) is 31.8 Å². The molecule has 1 aromatic rings. The highest BCUT2D eigenvalue weighted by atomic mass is 35.5. The first-order valence-corrected chi connectivity index (χ1v) is 7.18. The minimum Gasteiger partial charge on any atom is -0.481 e. The highest BCUT2D eigenvalue weighted by Gasteiger charge is 2.81. The highest BCUT2D eigenvalue weighted by Crippen LogP contribution is 2.68. The Morgan fingerprint density at radius 3 is 2.00 bits per heavy atom. The quantitative estimate of drug-likeness (QED) is 0.870. The van der Waals surface area contributed by atoms with Crippen LogP contribution < -0.4 is 0 Å². The van der Waals surface area contributed by atoms with Gasteiger partial charge >= 0.3 is 11.9 Å². The minimum atomic E-state index is -1.32. The molecule has 22 heavy (non-hydrogen) atoms. The SMILES string of the molecule is O=C(Cc1ccc(Cl)cc1)N1C[C@@]2(C(=O)O)C[C@@]2(C(=O)O)C1. The maximum atomic E-state index is 12.3. The Morgan fingerprint density at radius 2 is 1.55 bits per heavy atom. The first-order valence-electron chi connectivity index (χ1n) is 6.80. The maximum absolute atomic E-state index is 12.3. The van der Waals surface area contributed by atoms with Gasteiger partial charge in [-0.2, -0.15) is 0 Å². The van der Waals surface area contributed by atoms with E-state index < -0.39 is 22.8 Å². The van der Waals surface area contributed by atoms with Gasteiger partial charge in [0.1, 0.15) is 10.8 Å². The first kappa shape index (κ1) is 14.8. The van der Waals surface area contributed by atoms with Crippen molar-refractivity contribution < 1.29 is 24.6 Å². The van der Waals surface area contributed by atoms with Crippen molar-refractivity contribution in [1.29, 1.82) is 0 Å². The van der Waals surface area contributed by atoms with Gasteiger partial charge in [0.05, 0.1) is 6.42 Å². The third-order valence-corrected chi connectivity index (χ3v) is 5.01. The van der Waals surface area contributed by atoms with Crippen molar-refractivity contribution in [3.8, 4) is 0 Å². The fraction of sp³-hybridized carbons (Fsp3) is 0.400. The fourth-order valence-electron chi connectivity index (χ4n) is 3.35. The second-order valence-electron chi connectivity index (χ2n) is 6.00. The molecule has 2 N–H and O–H groups in total. The lowest BCUT2D eigenvalue weighted by Crippen LogP contribution is -2.35. The van der Waals surface area contributed by atoms with Gasteiger partial charge in [0.2, 0.25) is 5.91 Å². The van der Waals surface area contributed by atoms with Gasteiger partial charge in [0.15, 0.2) is 0 Å². The first-order chi connectivity index (χ1) is 10.3. The molecule has 2 atom stereocenters. The zero-order valence-electron chi connectivity index (χ0n) is 11.6. The summed E-state index contributed by atoms with van der Waals surface area (Å²) in [6.45, 7) is -0.0812. The molecule has 0 unspecified atom stereocenters. The minimum absolute atomic E-state index is 0.0406. The number of nitrogens with zero attached hydrogens (tertiary/aromatic N) is 1. The van der Waals surface area contributed by atoms with E-state index in [1.54, 1.807) is 24.3 Å².